The number of benzene rings is 1. The predicted octanol–water partition coefficient (Wildman–Crippen LogP) is 5.13. The minimum absolute atomic E-state index is 0.0775. The van der Waals surface area contributed by atoms with E-state index in [1.54, 1.807) is 44.7 Å². The number of fused-ring (bicyclic) bond motifs is 1. The summed E-state index contributed by atoms with van der Waals surface area (Å²) in [4.78, 5) is 18.8. The number of carbonyl (C=O) groups is 1. The minimum Gasteiger partial charge on any atom is -0.460 e. The van der Waals surface area contributed by atoms with Gasteiger partial charge in [0.1, 0.15) is 28.3 Å². The van der Waals surface area contributed by atoms with Gasteiger partial charge in [0.25, 0.3) is 0 Å². The lowest BCUT2D eigenvalue weighted by molar-refractivity contribution is -0.154. The van der Waals surface area contributed by atoms with Gasteiger partial charge in [0.05, 0.1) is 12.1 Å². The molecule has 0 radical (unpaired) electrons. The molecule has 1 aromatic heterocycles. The number of thiophene rings is 1. The molecule has 1 aromatic carbocycles. The number of nitrogens with one attached hydrogen (secondary N) is 2. The van der Waals surface area contributed by atoms with Crippen LogP contribution in [0.15, 0.2) is 40.7 Å². The molecule has 8 heteroatoms. The van der Waals surface area contributed by atoms with Crippen LogP contribution in [-0.4, -0.2) is 35.0 Å². The highest BCUT2D eigenvalue weighted by Gasteiger charge is 2.33. The number of halogens is 1. The van der Waals surface area contributed by atoms with Crippen molar-refractivity contribution in [1.82, 2.24) is 0 Å². The van der Waals surface area contributed by atoms with Gasteiger partial charge < -0.3 is 4.74 Å². The number of ether oxygens (including phenoxy) is 1. The van der Waals surface area contributed by atoms with Crippen molar-refractivity contribution in [2.45, 2.75) is 45.8 Å². The van der Waals surface area contributed by atoms with E-state index in [1.165, 1.54) is 11.3 Å². The van der Waals surface area contributed by atoms with E-state index < -0.39 is 17.6 Å². The Kier molecular flexibility index (Phi) is 5.91. The molecule has 152 valence electrons. The molecule has 0 bridgehead atoms. The van der Waals surface area contributed by atoms with Gasteiger partial charge in [-0.2, -0.15) is 0 Å². The number of nitrogens with zero attached hydrogens (tertiary/aromatic N) is 2. The first-order chi connectivity index (χ1) is 13.6. The molecule has 1 atom stereocenters. The number of aliphatic imine (C=N–C) groups is 1. The maximum absolute atomic E-state index is 12.5. The standard InChI is InChI=1S/C21H23ClN4O2S/c1-12(23)26-19(24)16(11-17(27)28-21(2,3)4)25-18(15-9-10-29-20(15)26)13-5-7-14(22)8-6-13/h5-10,16,23-24H,11H2,1-4H3. The van der Waals surface area contributed by atoms with Gasteiger partial charge in [0, 0.05) is 16.1 Å². The summed E-state index contributed by atoms with van der Waals surface area (Å²) in [6, 6.07) is 8.45. The van der Waals surface area contributed by atoms with Gasteiger partial charge in [-0.1, -0.05) is 23.7 Å². The second kappa shape index (κ2) is 8.08. The molecule has 0 fully saturated rings. The molecule has 1 aliphatic rings. The molecule has 1 unspecified atom stereocenters. The van der Waals surface area contributed by atoms with Crippen molar-refractivity contribution in [3.63, 3.8) is 0 Å². The summed E-state index contributed by atoms with van der Waals surface area (Å²) in [5.41, 5.74) is 1.70. The largest absolute Gasteiger partial charge is 0.460 e. The predicted molar refractivity (Wildman–Crippen MR) is 119 cm³/mol. The lowest BCUT2D eigenvalue weighted by Gasteiger charge is -2.25. The topological polar surface area (TPSA) is 89.6 Å². The molecule has 0 aliphatic carbocycles. The summed E-state index contributed by atoms with van der Waals surface area (Å²) in [5.74, 6) is -0.157. The fourth-order valence-electron chi connectivity index (χ4n) is 3.05. The smallest absolute Gasteiger partial charge is 0.308 e. The number of rotatable bonds is 3. The highest BCUT2D eigenvalue weighted by atomic mass is 35.5. The van der Waals surface area contributed by atoms with Crippen molar-refractivity contribution in [2.24, 2.45) is 4.99 Å². The first-order valence-corrected chi connectivity index (χ1v) is 10.4. The average Bonchev–Trinajstić information content (AvgIpc) is 3.02. The molecular formula is C21H23ClN4O2S. The Morgan fingerprint density at radius 3 is 2.52 bits per heavy atom. The van der Waals surface area contributed by atoms with Gasteiger partial charge in [0.2, 0.25) is 0 Å². The lowest BCUT2D eigenvalue weighted by atomic mass is 10.0. The van der Waals surface area contributed by atoms with E-state index in [0.29, 0.717) is 10.7 Å². The minimum atomic E-state index is -0.768. The van der Waals surface area contributed by atoms with E-state index in [-0.39, 0.29) is 18.1 Å². The van der Waals surface area contributed by atoms with Crippen LogP contribution in [0, 0.1) is 10.8 Å². The zero-order valence-corrected chi connectivity index (χ0v) is 18.3. The highest BCUT2D eigenvalue weighted by molar-refractivity contribution is 7.15. The lowest BCUT2D eigenvalue weighted by Crippen LogP contribution is -2.41. The summed E-state index contributed by atoms with van der Waals surface area (Å²) in [5, 5.41) is 20.2. The maximum atomic E-state index is 12.5. The van der Waals surface area contributed by atoms with Crippen LogP contribution >= 0.6 is 22.9 Å². The molecule has 2 aromatic rings. The normalized spacial score (nSPS) is 16.7. The molecular weight excluding hydrogens is 408 g/mol. The Morgan fingerprint density at radius 2 is 1.93 bits per heavy atom. The number of amidine groups is 2. The number of anilines is 1. The molecule has 1 aliphatic heterocycles. The first-order valence-electron chi connectivity index (χ1n) is 9.14. The van der Waals surface area contributed by atoms with Crippen LogP contribution < -0.4 is 4.90 Å². The Labute approximate surface area is 179 Å². The van der Waals surface area contributed by atoms with E-state index in [2.05, 4.69) is 0 Å². The van der Waals surface area contributed by atoms with Gasteiger partial charge in [0.15, 0.2) is 0 Å². The maximum Gasteiger partial charge on any atom is 0.308 e. The third kappa shape index (κ3) is 4.74. The Bertz CT molecular complexity index is 989. The van der Waals surface area contributed by atoms with Crippen LogP contribution in [0.25, 0.3) is 0 Å². The molecule has 0 amide bonds. The van der Waals surface area contributed by atoms with Crippen LogP contribution in [0.3, 0.4) is 0 Å². The summed E-state index contributed by atoms with van der Waals surface area (Å²) in [6.07, 6.45) is -0.0775. The Balaban J connectivity index is 2.09. The van der Waals surface area contributed by atoms with Crippen molar-refractivity contribution in [3.05, 3.63) is 51.9 Å². The molecule has 29 heavy (non-hydrogen) atoms. The van der Waals surface area contributed by atoms with Crippen LogP contribution in [0.2, 0.25) is 5.02 Å². The van der Waals surface area contributed by atoms with E-state index >= 15 is 0 Å². The van der Waals surface area contributed by atoms with Gasteiger partial charge in [-0.3, -0.25) is 25.5 Å². The quantitative estimate of drug-likeness (QED) is 0.401. The van der Waals surface area contributed by atoms with E-state index in [1.807, 2.05) is 23.6 Å². The fraction of sp³-hybridized carbons (Fsp3) is 0.333. The van der Waals surface area contributed by atoms with Gasteiger partial charge in [-0.25, -0.2) is 0 Å². The van der Waals surface area contributed by atoms with Crippen LogP contribution in [0.5, 0.6) is 0 Å². The second-order valence-electron chi connectivity index (χ2n) is 7.74. The first kappa shape index (κ1) is 21.2. The summed E-state index contributed by atoms with van der Waals surface area (Å²) in [7, 11) is 0. The van der Waals surface area contributed by atoms with E-state index in [4.69, 9.17) is 32.1 Å². The SMILES string of the molecule is CC(=N)N1C(=N)C(CC(=O)OC(C)(C)C)N=C(c2ccc(Cl)cc2)c2ccsc21. The second-order valence-corrected chi connectivity index (χ2v) is 9.07. The Morgan fingerprint density at radius 1 is 1.28 bits per heavy atom. The molecule has 3 rings (SSSR count). The van der Waals surface area contributed by atoms with E-state index in [9.17, 15) is 4.79 Å². The van der Waals surface area contributed by atoms with Crippen molar-refractivity contribution in [3.8, 4) is 0 Å². The monoisotopic (exact) mass is 430 g/mol. The third-order valence-corrected chi connectivity index (χ3v) is 5.33. The average molecular weight is 431 g/mol. The highest BCUT2D eigenvalue weighted by Crippen LogP contribution is 2.34. The van der Waals surface area contributed by atoms with E-state index in [0.717, 1.165) is 16.1 Å². The summed E-state index contributed by atoms with van der Waals surface area (Å²) < 4.78 is 5.45. The zero-order chi connectivity index (χ0) is 21.3. The summed E-state index contributed by atoms with van der Waals surface area (Å²) in [6.45, 7) is 7.03. The molecule has 0 spiro atoms. The van der Waals surface area contributed by atoms with Crippen molar-refractivity contribution >= 4 is 51.3 Å². The van der Waals surface area contributed by atoms with Crippen LogP contribution in [0.1, 0.15) is 45.2 Å². The molecule has 2 N–H and O–H groups in total. The zero-order valence-electron chi connectivity index (χ0n) is 16.7. The fourth-order valence-corrected chi connectivity index (χ4v) is 4.15. The Hall–Kier alpha value is -2.51. The molecule has 2 heterocycles. The molecule has 6 nitrogen and oxygen atoms in total. The van der Waals surface area contributed by atoms with Crippen molar-refractivity contribution in [1.29, 1.82) is 10.8 Å². The molecule has 0 saturated carbocycles. The number of esters is 1. The van der Waals surface area contributed by atoms with Crippen LogP contribution in [-0.2, 0) is 9.53 Å². The van der Waals surface area contributed by atoms with Gasteiger partial charge in [-0.15, -0.1) is 11.3 Å². The third-order valence-electron chi connectivity index (χ3n) is 4.18. The molecule has 0 saturated heterocycles. The van der Waals surface area contributed by atoms with Crippen molar-refractivity contribution in [2.75, 3.05) is 4.90 Å². The number of hydrogen-bond donors (Lipinski definition) is 2. The number of carbonyl (C=O) groups excluding carboxylic acids is 1. The van der Waals surface area contributed by atoms with Gasteiger partial charge >= 0.3 is 5.97 Å². The number of hydrogen-bond acceptors (Lipinski definition) is 6. The van der Waals surface area contributed by atoms with Crippen LogP contribution in [0.4, 0.5) is 5.00 Å². The van der Waals surface area contributed by atoms with Gasteiger partial charge in [-0.05, 0) is 51.3 Å². The summed E-state index contributed by atoms with van der Waals surface area (Å²) >= 11 is 7.47. The van der Waals surface area contributed by atoms with Crippen molar-refractivity contribution < 1.29 is 9.53 Å².